The van der Waals surface area contributed by atoms with Crippen LogP contribution in [0.2, 0.25) is 10.0 Å². The maximum absolute atomic E-state index is 12.8. The molecule has 1 amide bonds. The SMILES string of the molecule is COC(=O)c1c(-c2c(Cl)cccc2Cl)noc1NC(=O)Cc1cccc2ccccc12. The second-order valence-corrected chi connectivity index (χ2v) is 7.50. The second-order valence-electron chi connectivity index (χ2n) is 6.69. The van der Waals surface area contributed by atoms with Crippen molar-refractivity contribution < 1.29 is 18.8 Å². The third-order valence-electron chi connectivity index (χ3n) is 4.77. The molecule has 0 atom stereocenters. The van der Waals surface area contributed by atoms with E-state index in [0.29, 0.717) is 5.56 Å². The molecule has 31 heavy (non-hydrogen) atoms. The Kier molecular flexibility index (Phi) is 5.93. The first-order valence-electron chi connectivity index (χ1n) is 9.28. The Bertz CT molecular complexity index is 1270. The van der Waals surface area contributed by atoms with Crippen molar-refractivity contribution in [3.8, 4) is 11.3 Å². The first-order valence-corrected chi connectivity index (χ1v) is 10.0. The van der Waals surface area contributed by atoms with Gasteiger partial charge in [-0.3, -0.25) is 10.1 Å². The van der Waals surface area contributed by atoms with Gasteiger partial charge in [0.15, 0.2) is 5.56 Å². The van der Waals surface area contributed by atoms with Crippen molar-refractivity contribution in [3.05, 3.63) is 81.8 Å². The summed E-state index contributed by atoms with van der Waals surface area (Å²) in [5, 5.41) is 9.09. The monoisotopic (exact) mass is 454 g/mol. The number of rotatable bonds is 5. The first kappa shape index (κ1) is 20.9. The summed E-state index contributed by atoms with van der Waals surface area (Å²) in [6.45, 7) is 0. The Labute approximate surface area is 187 Å². The number of nitrogens with zero attached hydrogens (tertiary/aromatic N) is 1. The van der Waals surface area contributed by atoms with Gasteiger partial charge in [0.05, 0.1) is 23.6 Å². The van der Waals surface area contributed by atoms with Crippen LogP contribution in [0.1, 0.15) is 15.9 Å². The molecule has 8 heteroatoms. The lowest BCUT2D eigenvalue weighted by molar-refractivity contribution is -0.115. The number of amides is 1. The van der Waals surface area contributed by atoms with E-state index < -0.39 is 5.97 Å². The van der Waals surface area contributed by atoms with Gasteiger partial charge < -0.3 is 9.26 Å². The summed E-state index contributed by atoms with van der Waals surface area (Å²) in [4.78, 5) is 25.2. The third-order valence-corrected chi connectivity index (χ3v) is 5.40. The number of aromatic nitrogens is 1. The molecule has 0 aliphatic rings. The largest absolute Gasteiger partial charge is 0.465 e. The van der Waals surface area contributed by atoms with E-state index in [1.54, 1.807) is 18.2 Å². The minimum Gasteiger partial charge on any atom is -0.465 e. The number of benzene rings is 3. The van der Waals surface area contributed by atoms with Crippen LogP contribution in [0.25, 0.3) is 22.0 Å². The van der Waals surface area contributed by atoms with Gasteiger partial charge in [0.25, 0.3) is 0 Å². The van der Waals surface area contributed by atoms with Gasteiger partial charge >= 0.3 is 5.97 Å². The number of esters is 1. The van der Waals surface area contributed by atoms with Gasteiger partial charge in [-0.15, -0.1) is 0 Å². The zero-order chi connectivity index (χ0) is 22.0. The number of hydrogen-bond acceptors (Lipinski definition) is 5. The summed E-state index contributed by atoms with van der Waals surface area (Å²) >= 11 is 12.5. The summed E-state index contributed by atoms with van der Waals surface area (Å²) < 4.78 is 10.1. The summed E-state index contributed by atoms with van der Waals surface area (Å²) in [5.74, 6) is -1.26. The second kappa shape index (κ2) is 8.79. The van der Waals surface area contributed by atoms with Crippen LogP contribution in [-0.4, -0.2) is 24.1 Å². The Morgan fingerprint density at radius 1 is 1.00 bits per heavy atom. The summed E-state index contributed by atoms with van der Waals surface area (Å²) in [6, 6.07) is 18.4. The van der Waals surface area contributed by atoms with Crippen molar-refractivity contribution in [2.24, 2.45) is 0 Å². The lowest BCUT2D eigenvalue weighted by Crippen LogP contribution is -2.16. The van der Waals surface area contributed by atoms with Gasteiger partial charge in [-0.25, -0.2) is 4.79 Å². The molecule has 0 radical (unpaired) electrons. The van der Waals surface area contributed by atoms with Gasteiger partial charge in [-0.2, -0.15) is 0 Å². The van der Waals surface area contributed by atoms with Gasteiger partial charge in [-0.1, -0.05) is 76.9 Å². The summed E-state index contributed by atoms with van der Waals surface area (Å²) in [6.07, 6.45) is 0.0743. The van der Waals surface area contributed by atoms with Crippen LogP contribution < -0.4 is 5.32 Å². The molecular formula is C23H16Cl2N2O4. The molecule has 0 spiro atoms. The molecular weight excluding hydrogens is 439 g/mol. The highest BCUT2D eigenvalue weighted by Gasteiger charge is 2.28. The molecule has 3 aromatic carbocycles. The molecule has 1 heterocycles. The van der Waals surface area contributed by atoms with Crippen LogP contribution in [0.3, 0.4) is 0 Å². The van der Waals surface area contributed by atoms with Crippen LogP contribution >= 0.6 is 23.2 Å². The Morgan fingerprint density at radius 2 is 1.68 bits per heavy atom. The smallest absolute Gasteiger partial charge is 0.345 e. The molecule has 0 fully saturated rings. The fourth-order valence-electron chi connectivity index (χ4n) is 3.35. The van der Waals surface area contributed by atoms with Crippen molar-refractivity contribution in [1.29, 1.82) is 0 Å². The average molecular weight is 455 g/mol. The van der Waals surface area contributed by atoms with Crippen molar-refractivity contribution in [3.63, 3.8) is 0 Å². The molecule has 4 rings (SSSR count). The molecule has 0 aliphatic heterocycles. The zero-order valence-corrected chi connectivity index (χ0v) is 17.8. The predicted molar refractivity (Wildman–Crippen MR) is 120 cm³/mol. The fourth-order valence-corrected chi connectivity index (χ4v) is 3.93. The molecule has 1 N–H and O–H groups in total. The van der Waals surface area contributed by atoms with Crippen LogP contribution in [0.5, 0.6) is 0 Å². The van der Waals surface area contributed by atoms with E-state index in [-0.39, 0.29) is 39.5 Å². The van der Waals surface area contributed by atoms with E-state index in [1.165, 1.54) is 7.11 Å². The van der Waals surface area contributed by atoms with Gasteiger partial charge in [0.1, 0.15) is 5.69 Å². The van der Waals surface area contributed by atoms with E-state index in [0.717, 1.165) is 16.3 Å². The number of nitrogens with one attached hydrogen (secondary N) is 1. The van der Waals surface area contributed by atoms with E-state index >= 15 is 0 Å². The van der Waals surface area contributed by atoms with E-state index in [4.69, 9.17) is 32.5 Å². The van der Waals surface area contributed by atoms with E-state index in [2.05, 4.69) is 10.5 Å². The molecule has 4 aromatic rings. The van der Waals surface area contributed by atoms with Gasteiger partial charge in [0, 0.05) is 5.56 Å². The minimum absolute atomic E-state index is 0.0660. The van der Waals surface area contributed by atoms with E-state index in [1.807, 2.05) is 42.5 Å². The van der Waals surface area contributed by atoms with Crippen LogP contribution in [0.4, 0.5) is 5.88 Å². The Balaban J connectivity index is 1.68. The Hall–Kier alpha value is -3.35. The molecule has 6 nitrogen and oxygen atoms in total. The number of fused-ring (bicyclic) bond motifs is 1. The number of halogens is 2. The highest BCUT2D eigenvalue weighted by atomic mass is 35.5. The van der Waals surface area contributed by atoms with Crippen molar-refractivity contribution in [2.45, 2.75) is 6.42 Å². The minimum atomic E-state index is -0.743. The molecule has 0 bridgehead atoms. The van der Waals surface area contributed by atoms with Crippen LogP contribution in [0, 0.1) is 0 Å². The third kappa shape index (κ3) is 4.13. The molecule has 0 saturated heterocycles. The molecule has 156 valence electrons. The normalized spacial score (nSPS) is 10.8. The number of carbonyl (C=O) groups is 2. The van der Waals surface area contributed by atoms with Crippen molar-refractivity contribution >= 4 is 51.7 Å². The molecule has 0 aliphatic carbocycles. The maximum Gasteiger partial charge on any atom is 0.345 e. The lowest BCUT2D eigenvalue weighted by atomic mass is 10.0. The quantitative estimate of drug-likeness (QED) is 0.387. The van der Waals surface area contributed by atoms with Crippen LogP contribution in [0.15, 0.2) is 65.2 Å². The molecule has 0 unspecified atom stereocenters. The number of anilines is 1. The zero-order valence-electron chi connectivity index (χ0n) is 16.3. The van der Waals surface area contributed by atoms with Gasteiger partial charge in [-0.05, 0) is 28.5 Å². The standard InChI is InChI=1S/C23H16Cl2N2O4/c1-30-23(29)20-21(19-16(24)10-5-11-17(19)25)27-31-22(20)26-18(28)12-14-8-4-7-13-6-2-3-9-15(13)14/h2-11H,12H2,1H3,(H,26,28). The lowest BCUT2D eigenvalue weighted by Gasteiger charge is -2.08. The summed E-state index contributed by atoms with van der Waals surface area (Å²) in [7, 11) is 1.22. The van der Waals surface area contributed by atoms with Crippen LogP contribution in [-0.2, 0) is 16.0 Å². The predicted octanol–water partition coefficient (Wildman–Crippen LogP) is 5.77. The highest BCUT2D eigenvalue weighted by Crippen LogP contribution is 2.38. The number of methoxy groups -OCH3 is 1. The van der Waals surface area contributed by atoms with E-state index in [9.17, 15) is 9.59 Å². The number of ether oxygens (including phenoxy) is 1. The van der Waals surface area contributed by atoms with Gasteiger partial charge in [0.2, 0.25) is 11.8 Å². The topological polar surface area (TPSA) is 81.4 Å². The summed E-state index contributed by atoms with van der Waals surface area (Å²) in [5.41, 5.74) is 1.17. The van der Waals surface area contributed by atoms with Crippen molar-refractivity contribution in [1.82, 2.24) is 5.16 Å². The number of hydrogen-bond donors (Lipinski definition) is 1. The van der Waals surface area contributed by atoms with Crippen molar-refractivity contribution in [2.75, 3.05) is 12.4 Å². The molecule has 0 saturated carbocycles. The highest BCUT2D eigenvalue weighted by molar-refractivity contribution is 6.39. The first-order chi connectivity index (χ1) is 15.0. The average Bonchev–Trinajstić information content (AvgIpc) is 3.16. The maximum atomic E-state index is 12.8. The fraction of sp³-hybridized carbons (Fsp3) is 0.0870. The molecule has 1 aromatic heterocycles. The number of carbonyl (C=O) groups excluding carboxylic acids is 2. The Morgan fingerprint density at radius 3 is 2.42 bits per heavy atom.